The molecule has 0 saturated carbocycles. The minimum atomic E-state index is -4.88. The Morgan fingerprint density at radius 2 is 0.645 bits per heavy atom. The van der Waals surface area contributed by atoms with E-state index in [4.69, 9.17) is 15.3 Å². The number of carbonyl (C=O) groups excluding carboxylic acids is 3. The summed E-state index contributed by atoms with van der Waals surface area (Å²) in [5.74, 6) is -8.10. The fourth-order valence-electron chi connectivity index (χ4n) is 0.815. The number of halogens is 9. The van der Waals surface area contributed by atoms with Gasteiger partial charge in [0.25, 0.3) is 17.3 Å². The topological polar surface area (TPSA) is 112 Å². The largest absolute Gasteiger partial charge is 0.512 e. The molecule has 0 atom stereocenters. The molecule has 0 aliphatic carbocycles. The van der Waals surface area contributed by atoms with E-state index in [2.05, 4.69) is 0 Å². The standard InChI is InChI=1S/3C5H5F3O2.Fe/c3*1-3(9)2-4(10)5(6,7)8;/h3*2,9H,1H3;/b3-2+;2*3-2-;. The average molecular weight is 518 g/mol. The molecule has 0 aromatic carbocycles. The molecule has 6 nitrogen and oxygen atoms in total. The average Bonchev–Trinajstić information content (AvgIpc) is 2.43. The Balaban J connectivity index is -0.000000174. The fourth-order valence-corrected chi connectivity index (χ4v) is 0.815. The maximum Gasteiger partial charge on any atom is 0.454 e. The molecule has 0 heterocycles. The molecular formula is C15H15F9FeO6. The molecule has 0 unspecified atom stereocenters. The Bertz CT molecular complexity index is 594. The number of hydrogen-bond acceptors (Lipinski definition) is 6. The summed E-state index contributed by atoms with van der Waals surface area (Å²) in [6.45, 7) is 2.97. The zero-order chi connectivity index (χ0) is 25.1. The second-order valence-electron chi connectivity index (χ2n) is 4.94. The number of carbonyl (C=O) groups is 3. The number of alkyl halides is 9. The van der Waals surface area contributed by atoms with Crippen molar-refractivity contribution in [2.24, 2.45) is 0 Å². The monoisotopic (exact) mass is 518 g/mol. The van der Waals surface area contributed by atoms with E-state index in [9.17, 15) is 53.9 Å². The van der Waals surface area contributed by atoms with Gasteiger partial charge in [-0.15, -0.1) is 0 Å². The molecule has 0 radical (unpaired) electrons. The van der Waals surface area contributed by atoms with Crippen LogP contribution in [-0.4, -0.2) is 51.2 Å². The van der Waals surface area contributed by atoms with Crippen molar-refractivity contribution in [2.75, 3.05) is 0 Å². The molecule has 0 rings (SSSR count). The number of aliphatic hydroxyl groups excluding tert-OH is 3. The van der Waals surface area contributed by atoms with Gasteiger partial charge in [-0.1, -0.05) is 0 Å². The molecule has 0 bridgehead atoms. The molecular weight excluding hydrogens is 503 g/mol. The van der Waals surface area contributed by atoms with E-state index in [1.807, 2.05) is 0 Å². The molecule has 0 aliphatic heterocycles. The first-order valence-corrected chi connectivity index (χ1v) is 6.97. The third kappa shape index (κ3) is 23.7. The van der Waals surface area contributed by atoms with Crippen LogP contribution in [0.25, 0.3) is 0 Å². The van der Waals surface area contributed by atoms with Gasteiger partial charge in [-0.2, -0.15) is 39.5 Å². The molecule has 0 fully saturated rings. The number of aliphatic hydroxyl groups is 3. The summed E-state index contributed by atoms with van der Waals surface area (Å²) in [5, 5.41) is 24.7. The van der Waals surface area contributed by atoms with Crippen LogP contribution < -0.4 is 0 Å². The van der Waals surface area contributed by atoms with E-state index in [0.717, 1.165) is 20.8 Å². The van der Waals surface area contributed by atoms with Gasteiger partial charge in [-0.05, 0) is 20.8 Å². The van der Waals surface area contributed by atoms with Crippen molar-refractivity contribution in [3.8, 4) is 0 Å². The summed E-state index contributed by atoms with van der Waals surface area (Å²) >= 11 is 0. The Kier molecular flexibility index (Phi) is 16.8. The minimum Gasteiger partial charge on any atom is -0.512 e. The van der Waals surface area contributed by atoms with Gasteiger partial charge in [0.15, 0.2) is 0 Å². The van der Waals surface area contributed by atoms with E-state index >= 15 is 0 Å². The number of rotatable bonds is 3. The number of hydrogen-bond donors (Lipinski definition) is 3. The minimum absolute atomic E-state index is 0. The molecule has 0 spiro atoms. The molecule has 31 heavy (non-hydrogen) atoms. The van der Waals surface area contributed by atoms with Gasteiger partial charge in [-0.3, -0.25) is 14.4 Å². The number of ketones is 3. The van der Waals surface area contributed by atoms with Gasteiger partial charge < -0.3 is 15.3 Å². The van der Waals surface area contributed by atoms with E-state index in [1.165, 1.54) is 0 Å². The summed E-state index contributed by atoms with van der Waals surface area (Å²) in [6.07, 6.45) is -14.3. The Morgan fingerprint density at radius 1 is 0.516 bits per heavy atom. The zero-order valence-corrected chi connectivity index (χ0v) is 16.7. The van der Waals surface area contributed by atoms with Crippen LogP contribution in [0.2, 0.25) is 0 Å². The second kappa shape index (κ2) is 14.5. The normalized spacial score (nSPS) is 13.0. The van der Waals surface area contributed by atoms with Crippen molar-refractivity contribution in [1.29, 1.82) is 0 Å². The van der Waals surface area contributed by atoms with Crippen molar-refractivity contribution in [3.05, 3.63) is 35.5 Å². The molecule has 16 heteroatoms. The smallest absolute Gasteiger partial charge is 0.454 e. The van der Waals surface area contributed by atoms with Gasteiger partial charge >= 0.3 is 18.5 Å². The van der Waals surface area contributed by atoms with E-state index in [0.29, 0.717) is 0 Å². The molecule has 0 saturated heterocycles. The van der Waals surface area contributed by atoms with Gasteiger partial charge in [0.05, 0.1) is 17.3 Å². The summed E-state index contributed by atoms with van der Waals surface area (Å²) in [6, 6.07) is 0. The van der Waals surface area contributed by atoms with Crippen LogP contribution in [0.4, 0.5) is 39.5 Å². The molecule has 0 aromatic rings. The van der Waals surface area contributed by atoms with Crippen molar-refractivity contribution in [3.63, 3.8) is 0 Å². The van der Waals surface area contributed by atoms with Gasteiger partial charge in [-0.25, -0.2) is 0 Å². The molecule has 3 N–H and O–H groups in total. The quantitative estimate of drug-likeness (QED) is 0.216. The molecule has 0 amide bonds. The van der Waals surface area contributed by atoms with Crippen molar-refractivity contribution >= 4 is 17.3 Å². The van der Waals surface area contributed by atoms with E-state index in [-0.39, 0.29) is 35.3 Å². The molecule has 182 valence electrons. The predicted molar refractivity (Wildman–Crippen MR) is 82.3 cm³/mol. The first kappa shape index (κ1) is 35.9. The maximum absolute atomic E-state index is 11.3. The Morgan fingerprint density at radius 3 is 0.677 bits per heavy atom. The summed E-state index contributed by atoms with van der Waals surface area (Å²) in [5.41, 5.74) is 0. The zero-order valence-electron chi connectivity index (χ0n) is 15.6. The van der Waals surface area contributed by atoms with Crippen molar-refractivity contribution in [2.45, 2.75) is 39.3 Å². The fraction of sp³-hybridized carbons (Fsp3) is 0.400. The molecule has 0 aliphatic rings. The SMILES string of the molecule is C/C(O)=C/C(=O)C(F)(F)F.C/C(O)=C/C(=O)C(F)(F)F.C/C(O)=C\C(=O)C(F)(F)F.[Fe]. The maximum atomic E-state index is 11.3. The van der Waals surface area contributed by atoms with Crippen LogP contribution in [0.15, 0.2) is 35.5 Å². The van der Waals surface area contributed by atoms with Crippen LogP contribution >= 0.6 is 0 Å². The third-order valence-electron chi connectivity index (χ3n) is 1.86. The predicted octanol–water partition coefficient (Wildman–Crippen LogP) is 4.74. The van der Waals surface area contributed by atoms with Crippen LogP contribution in [0.1, 0.15) is 20.8 Å². The summed E-state index contributed by atoms with van der Waals surface area (Å²) in [4.78, 5) is 29.7. The van der Waals surface area contributed by atoms with E-state index in [1.54, 1.807) is 0 Å². The van der Waals surface area contributed by atoms with Crippen molar-refractivity contribution in [1.82, 2.24) is 0 Å². The Labute approximate surface area is 179 Å². The van der Waals surface area contributed by atoms with Crippen LogP contribution in [0.5, 0.6) is 0 Å². The Hall–Kier alpha value is -2.48. The van der Waals surface area contributed by atoms with Crippen LogP contribution in [0.3, 0.4) is 0 Å². The summed E-state index contributed by atoms with van der Waals surface area (Å²) in [7, 11) is 0. The third-order valence-corrected chi connectivity index (χ3v) is 1.86. The van der Waals surface area contributed by atoms with Crippen molar-refractivity contribution < 1.29 is 86.3 Å². The van der Waals surface area contributed by atoms with Crippen LogP contribution in [-0.2, 0) is 31.5 Å². The van der Waals surface area contributed by atoms with E-state index < -0.39 is 53.2 Å². The second-order valence-corrected chi connectivity index (χ2v) is 4.94. The van der Waals surface area contributed by atoms with Crippen LogP contribution in [0, 0.1) is 0 Å². The first-order valence-electron chi connectivity index (χ1n) is 6.97. The first-order chi connectivity index (χ1) is 13.0. The van der Waals surface area contributed by atoms with Gasteiger partial charge in [0, 0.05) is 35.3 Å². The molecule has 0 aromatic heterocycles. The number of allylic oxidation sites excluding steroid dienone is 6. The summed E-state index contributed by atoms with van der Waals surface area (Å²) < 4.78 is 102. The van der Waals surface area contributed by atoms with Gasteiger partial charge in [0.1, 0.15) is 0 Å². The van der Waals surface area contributed by atoms with Gasteiger partial charge in [0.2, 0.25) is 0 Å².